The number of hydrogen-bond donors (Lipinski definition) is 2. The minimum Gasteiger partial charge on any atom is -0.464 e. The summed E-state index contributed by atoms with van der Waals surface area (Å²) in [6, 6.07) is 13.4. The van der Waals surface area contributed by atoms with Gasteiger partial charge in [0.1, 0.15) is 48.0 Å². The van der Waals surface area contributed by atoms with E-state index in [1.807, 2.05) is 13.8 Å². The highest BCUT2D eigenvalue weighted by Crippen LogP contribution is 2.52. The van der Waals surface area contributed by atoms with E-state index in [1.54, 1.807) is 53.9 Å². The van der Waals surface area contributed by atoms with Crippen molar-refractivity contribution in [2.24, 2.45) is 5.92 Å². The Morgan fingerprint density at radius 2 is 1.64 bits per heavy atom. The van der Waals surface area contributed by atoms with Crippen LogP contribution < -0.4 is 15.3 Å². The Morgan fingerprint density at radius 1 is 1.04 bits per heavy atom. The van der Waals surface area contributed by atoms with Crippen LogP contribution in [-0.2, 0) is 37.8 Å². The van der Waals surface area contributed by atoms with Gasteiger partial charge in [0, 0.05) is 0 Å². The zero-order valence-corrected chi connectivity index (χ0v) is 38.3. The molecule has 17 heteroatoms. The lowest BCUT2D eigenvalue weighted by Gasteiger charge is -2.45. The molecule has 14 nitrogen and oxygen atoms in total. The third-order valence-corrected chi connectivity index (χ3v) is 22.2. The molecule has 6 atom stereocenters. The van der Waals surface area contributed by atoms with E-state index in [-0.39, 0.29) is 40.8 Å². The Bertz CT molecular complexity index is 1890. The van der Waals surface area contributed by atoms with Gasteiger partial charge in [0.05, 0.1) is 18.9 Å². The lowest BCUT2D eigenvalue weighted by atomic mass is 9.92. The average molecular weight is 831 g/mol. The molecule has 1 aromatic carbocycles. The molecule has 4 rings (SSSR count). The number of nitrogens with two attached hydrogens (primary N) is 1. The number of esters is 1. The molecule has 56 heavy (non-hydrogen) atoms. The number of aromatic nitrogens is 3. The number of nitrogens with zero attached hydrogens (tertiary/aromatic N) is 4. The number of fused-ring (bicyclic) bond motifs is 1. The maximum Gasteiger partial charge on any atom is 0.459 e. The van der Waals surface area contributed by atoms with Crippen LogP contribution in [0, 0.1) is 17.2 Å². The third-order valence-electron chi connectivity index (χ3n) is 11.6. The van der Waals surface area contributed by atoms with Crippen molar-refractivity contribution in [1.29, 1.82) is 5.26 Å². The molecule has 0 radical (unpaired) electrons. The second-order valence-corrected chi connectivity index (χ2v) is 28.9. The minimum absolute atomic E-state index is 0.203. The number of nitrogens with one attached hydrogen (secondary N) is 1. The lowest BCUT2D eigenvalue weighted by Crippen LogP contribution is -2.56. The zero-order valence-electron chi connectivity index (χ0n) is 35.4. The summed E-state index contributed by atoms with van der Waals surface area (Å²) in [7, 11) is -9.66. The van der Waals surface area contributed by atoms with Crippen molar-refractivity contribution < 1.29 is 36.7 Å². The van der Waals surface area contributed by atoms with Gasteiger partial charge in [-0.15, -0.1) is 0 Å². The second kappa shape index (κ2) is 17.4. The molecule has 310 valence electrons. The molecule has 3 aromatic rings. The maximum atomic E-state index is 14.8. The topological polar surface area (TPSA) is 182 Å². The number of para-hydroxylation sites is 1. The van der Waals surface area contributed by atoms with Gasteiger partial charge in [0.25, 0.3) is 0 Å². The molecule has 0 spiro atoms. The summed E-state index contributed by atoms with van der Waals surface area (Å²) in [5, 5.41) is 18.1. The Balaban J connectivity index is 1.83. The monoisotopic (exact) mass is 830 g/mol. The van der Waals surface area contributed by atoms with Crippen LogP contribution in [0.4, 0.5) is 5.82 Å². The van der Waals surface area contributed by atoms with E-state index in [0.29, 0.717) is 11.2 Å². The molecule has 0 saturated carbocycles. The van der Waals surface area contributed by atoms with Crippen LogP contribution in [0.25, 0.3) is 5.52 Å². The SMILES string of the molecule is CCC(CC)COC(=O)[C@H](C)NP(=O)(OC[C@H]1O[C@@](C#N)(c2ccc3c(N)ncnn23)C(O[Si](C)(C)C(C)(C)C)C1O[Si](C)(C)C(C)(C)C)Oc1ccccc1. The van der Waals surface area contributed by atoms with Crippen LogP contribution in [0.15, 0.2) is 48.8 Å². The summed E-state index contributed by atoms with van der Waals surface area (Å²) in [5.41, 5.74) is 5.32. The number of hydrogen-bond acceptors (Lipinski definition) is 12. The smallest absolute Gasteiger partial charge is 0.459 e. The van der Waals surface area contributed by atoms with Crippen LogP contribution in [-0.4, -0.2) is 74.8 Å². The average Bonchev–Trinajstić information content (AvgIpc) is 3.67. The molecule has 0 amide bonds. The Kier molecular flexibility index (Phi) is 14.1. The van der Waals surface area contributed by atoms with Gasteiger partial charge in [-0.25, -0.2) is 14.1 Å². The fraction of sp³-hybridized carbons (Fsp3) is 0.641. The molecule has 2 aromatic heterocycles. The number of carbonyl (C=O) groups is 1. The number of carbonyl (C=O) groups excluding carboxylic acids is 1. The zero-order chi connectivity index (χ0) is 41.9. The molecule has 3 N–H and O–H groups in total. The molecule has 1 saturated heterocycles. The number of benzene rings is 1. The molecule has 1 aliphatic rings. The molecular formula is C39H63N6O8PSi2. The largest absolute Gasteiger partial charge is 0.464 e. The van der Waals surface area contributed by atoms with Crippen molar-refractivity contribution in [1.82, 2.24) is 19.7 Å². The Hall–Kier alpha value is -3.14. The highest BCUT2D eigenvalue weighted by molar-refractivity contribution is 7.52. The van der Waals surface area contributed by atoms with E-state index in [0.717, 1.165) is 12.8 Å². The van der Waals surface area contributed by atoms with E-state index in [1.165, 1.54) is 6.33 Å². The van der Waals surface area contributed by atoms with Crippen molar-refractivity contribution in [3.05, 3.63) is 54.5 Å². The molecule has 3 heterocycles. The van der Waals surface area contributed by atoms with Gasteiger partial charge in [-0.2, -0.15) is 15.4 Å². The van der Waals surface area contributed by atoms with E-state index < -0.39 is 60.3 Å². The van der Waals surface area contributed by atoms with Gasteiger partial charge >= 0.3 is 13.7 Å². The van der Waals surface area contributed by atoms with Crippen molar-refractivity contribution in [2.75, 3.05) is 18.9 Å². The molecule has 1 fully saturated rings. The number of nitriles is 1. The highest BCUT2D eigenvalue weighted by Gasteiger charge is 2.63. The van der Waals surface area contributed by atoms with Gasteiger partial charge in [-0.05, 0) is 73.4 Å². The van der Waals surface area contributed by atoms with Crippen LogP contribution in [0.5, 0.6) is 5.75 Å². The predicted octanol–water partition coefficient (Wildman–Crippen LogP) is 8.37. The van der Waals surface area contributed by atoms with Gasteiger partial charge in [-0.1, -0.05) is 86.4 Å². The van der Waals surface area contributed by atoms with Crippen molar-refractivity contribution in [3.63, 3.8) is 0 Å². The van der Waals surface area contributed by atoms with E-state index in [9.17, 15) is 14.6 Å². The lowest BCUT2D eigenvalue weighted by molar-refractivity contribution is -0.146. The fourth-order valence-electron chi connectivity index (χ4n) is 5.84. The summed E-state index contributed by atoms with van der Waals surface area (Å²) < 4.78 is 55.6. The first kappa shape index (κ1) is 45.6. The Labute approximate surface area is 335 Å². The standard InChI is InChI=1S/C39H63N6O8PSi2/c1-14-28(15-2)23-48-36(46)27(3)44-54(47,51-29-19-17-16-18-20-29)49-24-31-33(52-55(10,11)37(4,5)6)34(53-56(12,13)38(7,8)9)39(25-40,50-31)32-22-21-30-35(41)42-26-43-45(30)32/h16-22,26-28,31,33-34H,14-15,23-24H2,1-13H3,(H,44,47)(H2,41,42,43)/t27-,31+,33?,34?,39-,54?/m0/s1. The number of nitrogen functional groups attached to an aromatic ring is 1. The van der Waals surface area contributed by atoms with Crippen molar-refractivity contribution >= 4 is 41.7 Å². The van der Waals surface area contributed by atoms with Crippen molar-refractivity contribution in [3.8, 4) is 11.8 Å². The first-order valence-corrected chi connectivity index (χ1v) is 26.8. The van der Waals surface area contributed by atoms with Crippen molar-refractivity contribution in [2.45, 2.75) is 141 Å². The fourth-order valence-corrected chi connectivity index (χ4v) is 9.94. The van der Waals surface area contributed by atoms with Crippen LogP contribution in [0.1, 0.15) is 80.8 Å². The van der Waals surface area contributed by atoms with Crippen LogP contribution >= 0.6 is 7.75 Å². The van der Waals surface area contributed by atoms with Gasteiger partial charge in [0.2, 0.25) is 5.60 Å². The highest BCUT2D eigenvalue weighted by atomic mass is 31.2. The first-order chi connectivity index (χ1) is 25.9. The molecule has 0 bridgehead atoms. The molecular weight excluding hydrogens is 768 g/mol. The summed E-state index contributed by atoms with van der Waals surface area (Å²) in [4.78, 5) is 17.3. The summed E-state index contributed by atoms with van der Waals surface area (Å²) in [5.74, 6) is 0.0894. The van der Waals surface area contributed by atoms with E-state index in [4.69, 9.17) is 33.1 Å². The normalized spacial score (nSPS) is 22.5. The number of ether oxygens (including phenoxy) is 2. The Morgan fingerprint density at radius 3 is 2.21 bits per heavy atom. The first-order valence-electron chi connectivity index (χ1n) is 19.4. The third kappa shape index (κ3) is 9.93. The summed E-state index contributed by atoms with van der Waals surface area (Å²) >= 11 is 0. The molecule has 0 aliphatic carbocycles. The number of rotatable bonds is 17. The predicted molar refractivity (Wildman–Crippen MR) is 222 cm³/mol. The maximum absolute atomic E-state index is 14.8. The summed E-state index contributed by atoms with van der Waals surface area (Å²) in [6.07, 6.45) is 0.129. The minimum atomic E-state index is -4.35. The molecule has 3 unspecified atom stereocenters. The van der Waals surface area contributed by atoms with Gasteiger partial charge in [0.15, 0.2) is 22.5 Å². The molecule has 1 aliphatic heterocycles. The van der Waals surface area contributed by atoms with Crippen LogP contribution in [0.2, 0.25) is 36.3 Å². The summed E-state index contributed by atoms with van der Waals surface area (Å²) in [6.45, 7) is 26.7. The van der Waals surface area contributed by atoms with E-state index >= 15 is 0 Å². The number of anilines is 1. The van der Waals surface area contributed by atoms with E-state index in [2.05, 4.69) is 89.0 Å². The quantitative estimate of drug-likeness (QED) is 0.0753. The van der Waals surface area contributed by atoms with Gasteiger partial charge < -0.3 is 28.6 Å². The van der Waals surface area contributed by atoms with Gasteiger partial charge in [-0.3, -0.25) is 9.32 Å². The van der Waals surface area contributed by atoms with Crippen LogP contribution in [0.3, 0.4) is 0 Å². The second-order valence-electron chi connectivity index (χ2n) is 17.7.